The largest absolute Gasteiger partial charge is 0.573 e. The molecule has 0 aromatic heterocycles. The number of fused-ring (bicyclic) bond motifs is 1. The Hall–Kier alpha value is -2.78. The number of alkyl halides is 3. The minimum atomic E-state index is -4.83. The molecule has 3 aromatic carbocycles. The molecule has 0 atom stereocenters. The van der Waals surface area contributed by atoms with Crippen molar-refractivity contribution in [1.82, 2.24) is 4.31 Å². The van der Waals surface area contributed by atoms with Crippen LogP contribution in [0.25, 0.3) is 10.8 Å². The van der Waals surface area contributed by atoms with E-state index in [4.69, 9.17) is 4.74 Å². The third-order valence-corrected chi connectivity index (χ3v) is 7.03. The fraction of sp³-hybridized carbons (Fsp3) is 0.273. The number of nitrogens with zero attached hydrogens (tertiary/aromatic N) is 1. The Bertz CT molecular complexity index is 1160. The van der Waals surface area contributed by atoms with Gasteiger partial charge in [-0.1, -0.05) is 30.3 Å². The first-order valence-corrected chi connectivity index (χ1v) is 11.2. The lowest BCUT2D eigenvalue weighted by Crippen LogP contribution is -2.41. The van der Waals surface area contributed by atoms with Gasteiger partial charge < -0.3 is 9.47 Å². The summed E-state index contributed by atoms with van der Waals surface area (Å²) in [5.74, 6) is 0.272. The summed E-state index contributed by atoms with van der Waals surface area (Å²) in [7, 11) is -3.81. The molecule has 1 heterocycles. The lowest BCUT2D eigenvalue weighted by molar-refractivity contribution is -0.274. The second kappa shape index (κ2) is 8.39. The summed E-state index contributed by atoms with van der Waals surface area (Å²) in [6.45, 7) is 0.531. The van der Waals surface area contributed by atoms with Gasteiger partial charge in [-0.3, -0.25) is 0 Å². The van der Waals surface area contributed by atoms with Crippen molar-refractivity contribution in [2.75, 3.05) is 13.1 Å². The van der Waals surface area contributed by atoms with Crippen molar-refractivity contribution >= 4 is 20.8 Å². The first kappa shape index (κ1) is 21.5. The van der Waals surface area contributed by atoms with E-state index in [1.807, 2.05) is 42.5 Å². The first-order valence-electron chi connectivity index (χ1n) is 9.72. The number of hydrogen-bond acceptors (Lipinski definition) is 4. The zero-order valence-corrected chi connectivity index (χ0v) is 17.2. The Kier molecular flexibility index (Phi) is 5.81. The van der Waals surface area contributed by atoms with Gasteiger partial charge in [-0.15, -0.1) is 13.2 Å². The van der Waals surface area contributed by atoms with Crippen molar-refractivity contribution in [3.8, 4) is 11.5 Å². The van der Waals surface area contributed by atoms with Gasteiger partial charge in [-0.2, -0.15) is 4.31 Å². The monoisotopic (exact) mass is 451 g/mol. The zero-order chi connectivity index (χ0) is 22.1. The van der Waals surface area contributed by atoms with Crippen LogP contribution in [0.3, 0.4) is 0 Å². The van der Waals surface area contributed by atoms with Crippen LogP contribution < -0.4 is 9.47 Å². The SMILES string of the molecule is O=S(=O)(c1ccc(OC(F)(F)F)cc1)N1CCC(Oc2ccc3ccccc3c2)CC1. The van der Waals surface area contributed by atoms with Gasteiger partial charge >= 0.3 is 6.36 Å². The summed E-state index contributed by atoms with van der Waals surface area (Å²) in [6, 6.07) is 18.0. The highest BCUT2D eigenvalue weighted by Gasteiger charge is 2.32. The highest BCUT2D eigenvalue weighted by Crippen LogP contribution is 2.28. The summed E-state index contributed by atoms with van der Waals surface area (Å²) in [4.78, 5) is -0.0732. The minimum absolute atomic E-state index is 0.0732. The fourth-order valence-electron chi connectivity index (χ4n) is 3.59. The van der Waals surface area contributed by atoms with Crippen molar-refractivity contribution in [1.29, 1.82) is 0 Å². The maximum Gasteiger partial charge on any atom is 0.573 e. The lowest BCUT2D eigenvalue weighted by atomic mass is 10.1. The van der Waals surface area contributed by atoms with Crippen molar-refractivity contribution in [2.45, 2.75) is 30.2 Å². The van der Waals surface area contributed by atoms with Crippen LogP contribution in [0.2, 0.25) is 0 Å². The predicted octanol–water partition coefficient (Wildman–Crippen LogP) is 4.97. The lowest BCUT2D eigenvalue weighted by Gasteiger charge is -2.31. The number of piperidine rings is 1. The maximum atomic E-state index is 12.8. The highest BCUT2D eigenvalue weighted by molar-refractivity contribution is 7.89. The molecule has 0 bridgehead atoms. The van der Waals surface area contributed by atoms with E-state index in [0.717, 1.165) is 40.8 Å². The smallest absolute Gasteiger partial charge is 0.490 e. The van der Waals surface area contributed by atoms with E-state index < -0.39 is 22.1 Å². The van der Waals surface area contributed by atoms with Crippen LogP contribution >= 0.6 is 0 Å². The van der Waals surface area contributed by atoms with Crippen molar-refractivity contribution in [3.05, 3.63) is 66.7 Å². The van der Waals surface area contributed by atoms with Crippen LogP contribution in [0.5, 0.6) is 11.5 Å². The maximum absolute atomic E-state index is 12.8. The molecule has 164 valence electrons. The van der Waals surface area contributed by atoms with Gasteiger partial charge in [0.25, 0.3) is 0 Å². The van der Waals surface area contributed by atoms with Gasteiger partial charge in [0.2, 0.25) is 10.0 Å². The van der Waals surface area contributed by atoms with Crippen LogP contribution in [0, 0.1) is 0 Å². The third kappa shape index (κ3) is 5.11. The van der Waals surface area contributed by atoms with E-state index in [0.29, 0.717) is 12.8 Å². The van der Waals surface area contributed by atoms with E-state index in [1.165, 1.54) is 4.31 Å². The number of rotatable bonds is 5. The summed E-state index contributed by atoms with van der Waals surface area (Å²) >= 11 is 0. The summed E-state index contributed by atoms with van der Waals surface area (Å²) in [5.41, 5.74) is 0. The minimum Gasteiger partial charge on any atom is -0.490 e. The molecule has 0 amide bonds. The molecular weight excluding hydrogens is 431 g/mol. The van der Waals surface area contributed by atoms with Gasteiger partial charge in [-0.05, 0) is 60.0 Å². The molecule has 5 nitrogen and oxygen atoms in total. The van der Waals surface area contributed by atoms with E-state index >= 15 is 0 Å². The molecule has 0 N–H and O–H groups in total. The molecule has 0 radical (unpaired) electrons. The Morgan fingerprint density at radius 1 is 0.839 bits per heavy atom. The molecule has 1 aliphatic heterocycles. The topological polar surface area (TPSA) is 55.8 Å². The van der Waals surface area contributed by atoms with Gasteiger partial charge in [-0.25, -0.2) is 8.42 Å². The Morgan fingerprint density at radius 3 is 2.10 bits per heavy atom. The van der Waals surface area contributed by atoms with Gasteiger partial charge in [0.15, 0.2) is 0 Å². The number of sulfonamides is 1. The first-order chi connectivity index (χ1) is 14.7. The quantitative estimate of drug-likeness (QED) is 0.550. The molecule has 1 saturated heterocycles. The second-order valence-corrected chi connectivity index (χ2v) is 9.19. The summed E-state index contributed by atoms with van der Waals surface area (Å²) < 4.78 is 73.6. The van der Waals surface area contributed by atoms with Crippen LogP contribution in [0.1, 0.15) is 12.8 Å². The zero-order valence-electron chi connectivity index (χ0n) is 16.4. The second-order valence-electron chi connectivity index (χ2n) is 7.25. The summed E-state index contributed by atoms with van der Waals surface area (Å²) in [6.07, 6.45) is -3.91. The molecule has 0 aliphatic carbocycles. The molecule has 0 saturated carbocycles. The van der Waals surface area contributed by atoms with Crippen LogP contribution in [0.4, 0.5) is 13.2 Å². The molecule has 0 unspecified atom stereocenters. The van der Waals surface area contributed by atoms with Gasteiger partial charge in [0.05, 0.1) is 4.90 Å². The van der Waals surface area contributed by atoms with Gasteiger partial charge in [0, 0.05) is 13.1 Å². The number of halogens is 3. The Balaban J connectivity index is 1.38. The normalized spacial score (nSPS) is 16.4. The molecular formula is C22H20F3NO4S. The fourth-order valence-corrected chi connectivity index (χ4v) is 5.06. The van der Waals surface area contributed by atoms with Crippen molar-refractivity contribution < 1.29 is 31.1 Å². The summed E-state index contributed by atoms with van der Waals surface area (Å²) in [5, 5.41) is 2.18. The Morgan fingerprint density at radius 2 is 1.45 bits per heavy atom. The third-order valence-electron chi connectivity index (χ3n) is 5.12. The average molecular weight is 451 g/mol. The van der Waals surface area contributed by atoms with E-state index in [1.54, 1.807) is 0 Å². The molecule has 9 heteroatoms. The standard InChI is InChI=1S/C22H20F3NO4S/c23-22(24,25)30-19-7-9-21(10-8-19)31(27,28)26-13-11-18(12-14-26)29-20-6-5-16-3-1-2-4-17(16)15-20/h1-10,15,18H,11-14H2. The molecule has 3 aromatic rings. The van der Waals surface area contributed by atoms with E-state index in [2.05, 4.69) is 4.74 Å². The molecule has 1 fully saturated rings. The van der Waals surface area contributed by atoms with Crippen LogP contribution in [0.15, 0.2) is 71.6 Å². The van der Waals surface area contributed by atoms with E-state index in [-0.39, 0.29) is 24.1 Å². The van der Waals surface area contributed by atoms with E-state index in [9.17, 15) is 21.6 Å². The van der Waals surface area contributed by atoms with Crippen molar-refractivity contribution in [3.63, 3.8) is 0 Å². The average Bonchev–Trinajstić information content (AvgIpc) is 2.73. The highest BCUT2D eigenvalue weighted by atomic mass is 32.2. The number of benzene rings is 3. The Labute approximate surface area is 178 Å². The molecule has 0 spiro atoms. The number of ether oxygens (including phenoxy) is 2. The van der Waals surface area contributed by atoms with Crippen molar-refractivity contribution in [2.24, 2.45) is 0 Å². The van der Waals surface area contributed by atoms with Gasteiger partial charge in [0.1, 0.15) is 17.6 Å². The predicted molar refractivity (Wildman–Crippen MR) is 109 cm³/mol. The molecule has 31 heavy (non-hydrogen) atoms. The molecule has 1 aliphatic rings. The van der Waals surface area contributed by atoms with Crippen LogP contribution in [-0.2, 0) is 10.0 Å². The number of hydrogen-bond donors (Lipinski definition) is 0. The molecule has 4 rings (SSSR count). The van der Waals surface area contributed by atoms with Crippen LogP contribution in [-0.4, -0.2) is 38.3 Å².